The number of carbonyl (C=O) groups is 2. The number of allylic oxidation sites excluding steroid dienone is 1. The second kappa shape index (κ2) is 7.54. The van der Waals surface area contributed by atoms with Crippen LogP contribution in [0.4, 0.5) is 0 Å². The molecule has 6 heteroatoms. The molecule has 21 heavy (non-hydrogen) atoms. The molecule has 0 heterocycles. The predicted molar refractivity (Wildman–Crippen MR) is 85.0 cm³/mol. The lowest BCUT2D eigenvalue weighted by atomic mass is 10.1. The van der Waals surface area contributed by atoms with Gasteiger partial charge < -0.3 is 15.7 Å². The maximum Gasteiger partial charge on any atom is 0.335 e. The Hall–Kier alpha value is -2.21. The van der Waals surface area contributed by atoms with Gasteiger partial charge in [0.2, 0.25) is 0 Å². The molecule has 0 atom stereocenters. The molecule has 0 unspecified atom stereocenters. The Kier molecular flexibility index (Phi) is 6.05. The summed E-state index contributed by atoms with van der Waals surface area (Å²) in [6.07, 6.45) is 0. The van der Waals surface area contributed by atoms with Crippen LogP contribution in [-0.2, 0) is 0 Å². The number of amides is 1. The van der Waals surface area contributed by atoms with Gasteiger partial charge in [0.15, 0.2) is 0 Å². The zero-order chi connectivity index (χ0) is 16.0. The third-order valence-electron chi connectivity index (χ3n) is 2.53. The third-order valence-corrected chi connectivity index (χ3v) is 3.48. The number of carboxylic acids is 1. The lowest BCUT2D eigenvalue weighted by Gasteiger charge is -2.18. The molecule has 5 nitrogen and oxygen atoms in total. The molecule has 0 aliphatic heterocycles. The fourth-order valence-electron chi connectivity index (χ4n) is 1.56. The van der Waals surface area contributed by atoms with Gasteiger partial charge in [0.25, 0.3) is 5.91 Å². The number of benzene rings is 1. The molecule has 0 spiro atoms. The average molecular weight is 306 g/mol. The first kappa shape index (κ1) is 16.8. The zero-order valence-electron chi connectivity index (χ0n) is 12.0. The maximum absolute atomic E-state index is 12.2. The quantitative estimate of drug-likeness (QED) is 0.843. The Labute approximate surface area is 128 Å². The number of carboxylic acid groups (broad SMARTS) is 1. The van der Waals surface area contributed by atoms with Crippen LogP contribution in [-0.4, -0.2) is 35.5 Å². The molecule has 0 aliphatic rings. The summed E-state index contributed by atoms with van der Waals surface area (Å²) in [5.74, 6) is -1.32. The molecule has 0 bridgehead atoms. The van der Waals surface area contributed by atoms with Crippen molar-refractivity contribution in [2.24, 2.45) is 5.73 Å². The van der Waals surface area contributed by atoms with Gasteiger partial charge in [-0.3, -0.25) is 4.79 Å². The highest BCUT2D eigenvalue weighted by molar-refractivity contribution is 8.05. The Morgan fingerprint density at radius 2 is 2.05 bits per heavy atom. The van der Waals surface area contributed by atoms with Gasteiger partial charge in [-0.2, -0.15) is 0 Å². The molecule has 3 N–H and O–H groups in total. The number of aromatic carboxylic acids is 1. The number of hydrogen-bond acceptors (Lipinski definition) is 4. The van der Waals surface area contributed by atoms with Gasteiger partial charge in [0.05, 0.1) is 12.1 Å². The van der Waals surface area contributed by atoms with Crippen molar-refractivity contribution < 1.29 is 14.7 Å². The van der Waals surface area contributed by atoms with Crippen molar-refractivity contribution >= 4 is 23.6 Å². The van der Waals surface area contributed by atoms with Crippen LogP contribution >= 0.6 is 11.8 Å². The second-order valence-corrected chi connectivity index (χ2v) is 5.61. The van der Waals surface area contributed by atoms with E-state index in [4.69, 9.17) is 10.8 Å². The van der Waals surface area contributed by atoms with Crippen LogP contribution in [0.25, 0.3) is 0 Å². The van der Waals surface area contributed by atoms with Crippen molar-refractivity contribution in [3.05, 3.63) is 58.0 Å². The molecule has 1 aromatic carbocycles. The second-order valence-electron chi connectivity index (χ2n) is 4.57. The van der Waals surface area contributed by atoms with Crippen molar-refractivity contribution in [2.45, 2.75) is 6.92 Å². The van der Waals surface area contributed by atoms with E-state index in [1.54, 1.807) is 31.5 Å². The SMILES string of the molecule is C=C(CN(C)C(=O)c1cccc(C(=O)O)c1)S/C=C(/C)N. The van der Waals surface area contributed by atoms with E-state index < -0.39 is 5.97 Å². The normalized spacial score (nSPS) is 11.0. The summed E-state index contributed by atoms with van der Waals surface area (Å²) in [5, 5.41) is 10.7. The van der Waals surface area contributed by atoms with Crippen molar-refractivity contribution in [3.8, 4) is 0 Å². The Bertz CT molecular complexity index is 592. The van der Waals surface area contributed by atoms with Crippen LogP contribution in [0.2, 0.25) is 0 Å². The highest BCUT2D eigenvalue weighted by Gasteiger charge is 2.14. The molecule has 112 valence electrons. The van der Waals surface area contributed by atoms with Crippen molar-refractivity contribution in [1.29, 1.82) is 0 Å². The fourth-order valence-corrected chi connectivity index (χ4v) is 2.18. The molecule has 0 saturated carbocycles. The highest BCUT2D eigenvalue weighted by Crippen LogP contribution is 2.17. The first-order valence-electron chi connectivity index (χ1n) is 6.16. The summed E-state index contributed by atoms with van der Waals surface area (Å²) in [6.45, 7) is 5.99. The van der Waals surface area contributed by atoms with Crippen LogP contribution in [0.15, 0.2) is 46.9 Å². The maximum atomic E-state index is 12.2. The number of thioether (sulfide) groups is 1. The molecular weight excluding hydrogens is 288 g/mol. The molecule has 0 aromatic heterocycles. The number of rotatable bonds is 6. The van der Waals surface area contributed by atoms with Gasteiger partial charge in [-0.05, 0) is 30.5 Å². The van der Waals surface area contributed by atoms with Gasteiger partial charge in [-0.15, -0.1) is 0 Å². The van der Waals surface area contributed by atoms with Crippen molar-refractivity contribution in [3.63, 3.8) is 0 Å². The van der Waals surface area contributed by atoms with Crippen LogP contribution < -0.4 is 5.73 Å². The minimum atomic E-state index is -1.06. The monoisotopic (exact) mass is 306 g/mol. The largest absolute Gasteiger partial charge is 0.478 e. The number of nitrogens with two attached hydrogens (primary N) is 1. The number of nitrogens with zero attached hydrogens (tertiary/aromatic N) is 1. The summed E-state index contributed by atoms with van der Waals surface area (Å²) in [6, 6.07) is 5.95. The van der Waals surface area contributed by atoms with Crippen LogP contribution in [0.3, 0.4) is 0 Å². The summed E-state index contributed by atoms with van der Waals surface area (Å²) in [4.78, 5) is 25.4. The van der Waals surface area contributed by atoms with Crippen molar-refractivity contribution in [1.82, 2.24) is 4.90 Å². The predicted octanol–water partition coefficient (Wildman–Crippen LogP) is 2.52. The Morgan fingerprint density at radius 3 is 2.62 bits per heavy atom. The Morgan fingerprint density at radius 1 is 1.43 bits per heavy atom. The third kappa shape index (κ3) is 5.35. The summed E-state index contributed by atoms with van der Waals surface area (Å²) in [5.41, 5.74) is 6.62. The molecule has 0 radical (unpaired) electrons. The minimum absolute atomic E-state index is 0.0872. The number of carbonyl (C=O) groups excluding carboxylic acids is 1. The van der Waals surface area contributed by atoms with E-state index in [1.165, 1.54) is 28.8 Å². The lowest BCUT2D eigenvalue weighted by Crippen LogP contribution is -2.28. The zero-order valence-corrected chi connectivity index (χ0v) is 12.8. The van der Waals surface area contributed by atoms with Crippen LogP contribution in [0.5, 0.6) is 0 Å². The van der Waals surface area contributed by atoms with Crippen LogP contribution in [0, 0.1) is 0 Å². The molecule has 1 aromatic rings. The standard InChI is InChI=1S/C15H18N2O3S/c1-10(16)9-21-11(2)8-17(3)14(18)12-5-4-6-13(7-12)15(19)20/h4-7,9H,2,8,16H2,1,3H3,(H,19,20)/b10-9-. The van der Waals surface area contributed by atoms with Gasteiger partial charge in [0.1, 0.15) is 0 Å². The van der Waals surface area contributed by atoms with E-state index >= 15 is 0 Å². The average Bonchev–Trinajstić information content (AvgIpc) is 2.44. The minimum Gasteiger partial charge on any atom is -0.478 e. The first-order valence-corrected chi connectivity index (χ1v) is 7.04. The molecule has 1 rings (SSSR count). The van der Waals surface area contributed by atoms with E-state index in [9.17, 15) is 9.59 Å². The molecular formula is C15H18N2O3S. The summed E-state index contributed by atoms with van der Waals surface area (Å²) < 4.78 is 0. The molecule has 0 saturated heterocycles. The van der Waals surface area contributed by atoms with E-state index in [1.807, 2.05) is 0 Å². The lowest BCUT2D eigenvalue weighted by molar-refractivity contribution is 0.0697. The van der Waals surface area contributed by atoms with Crippen LogP contribution in [0.1, 0.15) is 27.6 Å². The van der Waals surface area contributed by atoms with E-state index in [-0.39, 0.29) is 11.5 Å². The molecule has 0 aliphatic carbocycles. The smallest absolute Gasteiger partial charge is 0.335 e. The number of hydrogen-bond donors (Lipinski definition) is 2. The molecule has 0 fully saturated rings. The summed E-state index contributed by atoms with van der Waals surface area (Å²) >= 11 is 1.36. The van der Waals surface area contributed by atoms with Crippen molar-refractivity contribution in [2.75, 3.05) is 13.6 Å². The van der Waals surface area contributed by atoms with Gasteiger partial charge >= 0.3 is 5.97 Å². The van der Waals surface area contributed by atoms with Gasteiger partial charge in [-0.1, -0.05) is 24.4 Å². The fraction of sp³-hybridized carbons (Fsp3) is 0.200. The Balaban J connectivity index is 2.74. The highest BCUT2D eigenvalue weighted by atomic mass is 32.2. The van der Waals surface area contributed by atoms with E-state index in [0.29, 0.717) is 17.8 Å². The summed E-state index contributed by atoms with van der Waals surface area (Å²) in [7, 11) is 1.64. The van der Waals surface area contributed by atoms with E-state index in [2.05, 4.69) is 6.58 Å². The topological polar surface area (TPSA) is 83.6 Å². The van der Waals surface area contributed by atoms with E-state index in [0.717, 1.165) is 4.91 Å². The van der Waals surface area contributed by atoms with Gasteiger partial charge in [0, 0.05) is 23.2 Å². The van der Waals surface area contributed by atoms with Gasteiger partial charge in [-0.25, -0.2) is 4.79 Å². The number of likely N-dealkylation sites (N-methyl/N-ethyl adjacent to an activating group) is 1. The molecule has 1 amide bonds. The first-order chi connectivity index (χ1) is 9.81.